The number of benzene rings is 1. The molecule has 0 fully saturated rings. The van der Waals surface area contributed by atoms with E-state index in [0.717, 1.165) is 23.8 Å². The van der Waals surface area contributed by atoms with Crippen LogP contribution in [0, 0.1) is 11.3 Å². The molecule has 0 saturated carbocycles. The van der Waals surface area contributed by atoms with Crippen molar-refractivity contribution in [2.75, 3.05) is 5.32 Å². The molecule has 7 nitrogen and oxygen atoms in total. The van der Waals surface area contributed by atoms with Crippen molar-refractivity contribution in [1.29, 1.82) is 5.26 Å². The summed E-state index contributed by atoms with van der Waals surface area (Å²) in [6.45, 7) is 0.0687. The second kappa shape index (κ2) is 6.30. The Hall–Kier alpha value is -3.14. The average Bonchev–Trinajstić information content (AvgIpc) is 3.28. The minimum atomic E-state index is -0.685. The zero-order valence-electron chi connectivity index (χ0n) is 14.2. The summed E-state index contributed by atoms with van der Waals surface area (Å²) in [7, 11) is 0. The molecule has 1 aromatic carbocycles. The zero-order valence-corrected chi connectivity index (χ0v) is 14.2. The van der Waals surface area contributed by atoms with Crippen molar-refractivity contribution in [3.05, 3.63) is 61.4 Å². The number of rotatable bonds is 3. The lowest BCUT2D eigenvalue weighted by Crippen LogP contribution is -2.44. The predicted octanol–water partition coefficient (Wildman–Crippen LogP) is 0.955. The van der Waals surface area contributed by atoms with Gasteiger partial charge in [0.2, 0.25) is 5.91 Å². The molecule has 0 unspecified atom stereocenters. The molecular weight excluding hydrogens is 332 g/mol. The van der Waals surface area contributed by atoms with Crippen LogP contribution in [-0.2, 0) is 37.1 Å². The topological polar surface area (TPSA) is 96.9 Å². The van der Waals surface area contributed by atoms with E-state index in [1.54, 1.807) is 0 Å². The molecule has 4 rings (SSSR count). The third-order valence-electron chi connectivity index (χ3n) is 5.13. The second-order valence-electron chi connectivity index (χ2n) is 6.75. The molecule has 2 aromatic rings. The standard InChI is InChI=1S/C19H18N4O3/c20-10-15-16-5-2-8-22(16)19(26)23(18(15)25)11-17(24)21-14-7-6-12-3-1-4-13(12)9-14/h6-7,9H,1-5,8,11H2,(H,21,24). The first kappa shape index (κ1) is 16.3. The van der Waals surface area contributed by atoms with Crippen molar-refractivity contribution in [2.24, 2.45) is 0 Å². The Morgan fingerprint density at radius 1 is 1.15 bits per heavy atom. The highest BCUT2D eigenvalue weighted by Crippen LogP contribution is 2.24. The minimum Gasteiger partial charge on any atom is -0.325 e. The number of fused-ring (bicyclic) bond motifs is 2. The van der Waals surface area contributed by atoms with Gasteiger partial charge in [0.15, 0.2) is 0 Å². The number of aryl methyl sites for hydroxylation is 2. The van der Waals surface area contributed by atoms with E-state index in [-0.39, 0.29) is 5.56 Å². The highest BCUT2D eigenvalue weighted by molar-refractivity contribution is 5.90. The van der Waals surface area contributed by atoms with Crippen LogP contribution in [0.15, 0.2) is 27.8 Å². The van der Waals surface area contributed by atoms with Crippen LogP contribution >= 0.6 is 0 Å². The Morgan fingerprint density at radius 3 is 2.77 bits per heavy atom. The zero-order chi connectivity index (χ0) is 18.3. The largest absolute Gasteiger partial charge is 0.331 e. The third kappa shape index (κ3) is 2.64. The van der Waals surface area contributed by atoms with E-state index in [4.69, 9.17) is 0 Å². The van der Waals surface area contributed by atoms with Gasteiger partial charge in [0.25, 0.3) is 5.56 Å². The van der Waals surface area contributed by atoms with E-state index in [0.29, 0.717) is 30.8 Å². The molecule has 0 radical (unpaired) electrons. The van der Waals surface area contributed by atoms with Crippen LogP contribution in [-0.4, -0.2) is 15.0 Å². The Labute approximate surface area is 149 Å². The molecule has 132 valence electrons. The lowest BCUT2D eigenvalue weighted by molar-refractivity contribution is -0.116. The molecule has 2 aliphatic rings. The summed E-state index contributed by atoms with van der Waals surface area (Å²) < 4.78 is 2.29. The summed E-state index contributed by atoms with van der Waals surface area (Å²) in [6, 6.07) is 7.67. The van der Waals surface area contributed by atoms with Crippen molar-refractivity contribution in [1.82, 2.24) is 9.13 Å². The molecule has 1 aliphatic carbocycles. The van der Waals surface area contributed by atoms with E-state index in [2.05, 4.69) is 5.32 Å². The van der Waals surface area contributed by atoms with Gasteiger partial charge in [-0.05, 0) is 55.4 Å². The molecular formula is C19H18N4O3. The number of nitriles is 1. The van der Waals surface area contributed by atoms with Gasteiger partial charge in [0, 0.05) is 17.9 Å². The molecule has 26 heavy (non-hydrogen) atoms. The van der Waals surface area contributed by atoms with Gasteiger partial charge in [-0.25, -0.2) is 9.36 Å². The molecule has 1 aliphatic heterocycles. The highest BCUT2D eigenvalue weighted by Gasteiger charge is 2.23. The highest BCUT2D eigenvalue weighted by atomic mass is 16.2. The molecule has 1 amide bonds. The smallest absolute Gasteiger partial charge is 0.325 e. The quantitative estimate of drug-likeness (QED) is 0.891. The van der Waals surface area contributed by atoms with Crippen LogP contribution in [0.3, 0.4) is 0 Å². The molecule has 7 heteroatoms. The summed E-state index contributed by atoms with van der Waals surface area (Å²) in [5.41, 5.74) is 2.43. The van der Waals surface area contributed by atoms with Crippen molar-refractivity contribution in [3.8, 4) is 6.07 Å². The molecule has 0 saturated heterocycles. The molecule has 0 atom stereocenters. The Kier molecular flexibility index (Phi) is 3.96. The van der Waals surface area contributed by atoms with E-state index in [1.165, 1.54) is 15.7 Å². The predicted molar refractivity (Wildman–Crippen MR) is 95.1 cm³/mol. The first-order chi connectivity index (χ1) is 12.6. The van der Waals surface area contributed by atoms with Crippen molar-refractivity contribution in [3.63, 3.8) is 0 Å². The summed E-state index contributed by atoms with van der Waals surface area (Å²) >= 11 is 0. The van der Waals surface area contributed by atoms with Crippen molar-refractivity contribution < 1.29 is 4.79 Å². The van der Waals surface area contributed by atoms with E-state index < -0.39 is 23.7 Å². The number of hydrogen-bond donors (Lipinski definition) is 1. The summed E-state index contributed by atoms with van der Waals surface area (Å²) in [5.74, 6) is -0.454. The average molecular weight is 350 g/mol. The van der Waals surface area contributed by atoms with Gasteiger partial charge in [-0.1, -0.05) is 6.07 Å². The third-order valence-corrected chi connectivity index (χ3v) is 5.13. The molecule has 0 spiro atoms. The van der Waals surface area contributed by atoms with Crippen LogP contribution in [0.25, 0.3) is 0 Å². The van der Waals surface area contributed by atoms with Gasteiger partial charge < -0.3 is 5.32 Å². The van der Waals surface area contributed by atoms with Gasteiger partial charge in [0.1, 0.15) is 18.2 Å². The lowest BCUT2D eigenvalue weighted by atomic mass is 10.1. The maximum Gasteiger partial charge on any atom is 0.331 e. The Balaban J connectivity index is 1.62. The van der Waals surface area contributed by atoms with E-state index in [1.807, 2.05) is 24.3 Å². The number of carbonyl (C=O) groups is 1. The maximum atomic E-state index is 12.5. The van der Waals surface area contributed by atoms with Crippen LogP contribution in [0.5, 0.6) is 0 Å². The normalized spacial score (nSPS) is 14.6. The van der Waals surface area contributed by atoms with Crippen LogP contribution < -0.4 is 16.6 Å². The number of nitrogens with zero attached hydrogens (tertiary/aromatic N) is 3. The van der Waals surface area contributed by atoms with E-state index in [9.17, 15) is 19.6 Å². The van der Waals surface area contributed by atoms with Gasteiger partial charge in [0.05, 0.1) is 0 Å². The minimum absolute atomic E-state index is 0.0348. The molecule has 0 bridgehead atoms. The number of hydrogen-bond acceptors (Lipinski definition) is 4. The fourth-order valence-corrected chi connectivity index (χ4v) is 3.88. The first-order valence-electron chi connectivity index (χ1n) is 8.77. The summed E-state index contributed by atoms with van der Waals surface area (Å²) in [4.78, 5) is 37.4. The number of aromatic nitrogens is 2. The fourth-order valence-electron chi connectivity index (χ4n) is 3.88. The van der Waals surface area contributed by atoms with Gasteiger partial charge in [-0.3, -0.25) is 14.2 Å². The Bertz CT molecular complexity index is 1070. The molecule has 2 heterocycles. The maximum absolute atomic E-state index is 12.5. The Morgan fingerprint density at radius 2 is 1.96 bits per heavy atom. The number of nitrogens with one attached hydrogen (secondary N) is 1. The summed E-state index contributed by atoms with van der Waals surface area (Å²) in [6.07, 6.45) is 4.42. The number of anilines is 1. The monoisotopic (exact) mass is 350 g/mol. The summed E-state index contributed by atoms with van der Waals surface area (Å²) in [5, 5.41) is 12.0. The fraction of sp³-hybridized carbons (Fsp3) is 0.368. The van der Waals surface area contributed by atoms with E-state index >= 15 is 0 Å². The lowest BCUT2D eigenvalue weighted by Gasteiger charge is -2.11. The van der Waals surface area contributed by atoms with Crippen molar-refractivity contribution in [2.45, 2.75) is 45.2 Å². The SMILES string of the molecule is N#Cc1c2n(c(=O)n(CC(=O)Nc3ccc4c(c3)CCC4)c1=O)CCC2. The van der Waals surface area contributed by atoms with Gasteiger partial charge >= 0.3 is 5.69 Å². The van der Waals surface area contributed by atoms with Crippen LogP contribution in [0.4, 0.5) is 5.69 Å². The van der Waals surface area contributed by atoms with Crippen LogP contribution in [0.1, 0.15) is 35.2 Å². The number of amides is 1. The van der Waals surface area contributed by atoms with Gasteiger partial charge in [-0.15, -0.1) is 0 Å². The number of carbonyl (C=O) groups excluding carboxylic acids is 1. The van der Waals surface area contributed by atoms with Crippen LogP contribution in [0.2, 0.25) is 0 Å². The van der Waals surface area contributed by atoms with Gasteiger partial charge in [-0.2, -0.15) is 5.26 Å². The molecule has 1 N–H and O–H groups in total. The second-order valence-corrected chi connectivity index (χ2v) is 6.75. The van der Waals surface area contributed by atoms with Crippen molar-refractivity contribution >= 4 is 11.6 Å². The molecule has 1 aromatic heterocycles. The first-order valence-corrected chi connectivity index (χ1v) is 8.77.